The molecular formula is C16H21N3O3S2. The number of hydrogen-bond acceptors (Lipinski definition) is 6. The molecule has 0 spiro atoms. The van der Waals surface area contributed by atoms with E-state index in [0.717, 1.165) is 22.0 Å². The van der Waals surface area contributed by atoms with Crippen molar-refractivity contribution in [1.82, 2.24) is 15.3 Å². The van der Waals surface area contributed by atoms with Gasteiger partial charge in [0.1, 0.15) is 9.88 Å². The lowest BCUT2D eigenvalue weighted by molar-refractivity contribution is -0.121. The van der Waals surface area contributed by atoms with E-state index < -0.39 is 5.97 Å². The molecule has 0 saturated carbocycles. The Bertz CT molecular complexity index is 759. The second-order valence-corrected chi connectivity index (χ2v) is 8.52. The van der Waals surface area contributed by atoms with Crippen molar-refractivity contribution in [3.05, 3.63) is 31.7 Å². The average Bonchev–Trinajstić information content (AvgIpc) is 3.04. The molecule has 2 aromatic rings. The van der Waals surface area contributed by atoms with Crippen molar-refractivity contribution in [2.75, 3.05) is 0 Å². The van der Waals surface area contributed by atoms with Crippen LogP contribution < -0.4 is 5.32 Å². The van der Waals surface area contributed by atoms with Gasteiger partial charge in [0.05, 0.1) is 28.9 Å². The highest BCUT2D eigenvalue weighted by atomic mass is 32.1. The number of carboxylic acids is 1. The summed E-state index contributed by atoms with van der Waals surface area (Å²) in [5, 5.41) is 15.4. The van der Waals surface area contributed by atoms with Crippen LogP contribution in [0.15, 0.2) is 5.38 Å². The van der Waals surface area contributed by atoms with Gasteiger partial charge in [0.2, 0.25) is 5.91 Å². The minimum absolute atomic E-state index is 0.0294. The Hall–Kier alpha value is -1.80. The molecule has 2 heterocycles. The second kappa shape index (κ2) is 6.98. The lowest BCUT2D eigenvalue weighted by Crippen LogP contribution is -2.28. The number of nitrogens with one attached hydrogen (secondary N) is 1. The molecule has 1 unspecified atom stereocenters. The third-order valence-corrected chi connectivity index (χ3v) is 5.94. The number of nitrogens with zero attached hydrogens (tertiary/aromatic N) is 2. The van der Waals surface area contributed by atoms with E-state index in [1.165, 1.54) is 0 Å². The number of carboxylic acid groups (broad SMARTS) is 1. The fraction of sp³-hybridized carbons (Fsp3) is 0.500. The van der Waals surface area contributed by atoms with Crippen molar-refractivity contribution >= 4 is 34.6 Å². The standard InChI is InChI=1S/C16H21N3O3S2/c1-8-12(14(21)22)24-13(18-8)9(2)17-11(20)6-10-7-23-15(19-10)16(3,4)5/h7,9H,6H2,1-5H3,(H,17,20)(H,21,22). The Morgan fingerprint density at radius 3 is 2.50 bits per heavy atom. The molecule has 2 N–H and O–H groups in total. The molecule has 8 heteroatoms. The number of rotatable bonds is 5. The van der Waals surface area contributed by atoms with Gasteiger partial charge >= 0.3 is 5.97 Å². The molecule has 1 amide bonds. The third-order valence-electron chi connectivity index (χ3n) is 3.29. The number of aromatic nitrogens is 2. The van der Waals surface area contributed by atoms with Crippen LogP contribution in [0.1, 0.15) is 64.8 Å². The average molecular weight is 367 g/mol. The molecule has 0 aliphatic rings. The third kappa shape index (κ3) is 4.39. The van der Waals surface area contributed by atoms with Crippen LogP contribution in [0, 0.1) is 6.92 Å². The van der Waals surface area contributed by atoms with Gasteiger partial charge in [-0.2, -0.15) is 0 Å². The predicted octanol–water partition coefficient (Wildman–Crippen LogP) is 3.32. The maximum Gasteiger partial charge on any atom is 0.347 e. The Morgan fingerprint density at radius 1 is 1.33 bits per heavy atom. The molecule has 1 atom stereocenters. The van der Waals surface area contributed by atoms with Crippen molar-refractivity contribution < 1.29 is 14.7 Å². The van der Waals surface area contributed by atoms with Gasteiger partial charge in [-0.3, -0.25) is 4.79 Å². The van der Waals surface area contributed by atoms with E-state index in [9.17, 15) is 9.59 Å². The van der Waals surface area contributed by atoms with Gasteiger partial charge in [-0.1, -0.05) is 20.8 Å². The quantitative estimate of drug-likeness (QED) is 0.846. The topological polar surface area (TPSA) is 92.2 Å². The number of carbonyl (C=O) groups excluding carboxylic acids is 1. The van der Waals surface area contributed by atoms with Crippen LogP contribution in [0.3, 0.4) is 0 Å². The van der Waals surface area contributed by atoms with Crippen LogP contribution in [0.25, 0.3) is 0 Å². The van der Waals surface area contributed by atoms with Crippen molar-refractivity contribution in [2.45, 2.75) is 52.5 Å². The van der Waals surface area contributed by atoms with Gasteiger partial charge in [-0.15, -0.1) is 22.7 Å². The maximum atomic E-state index is 12.2. The van der Waals surface area contributed by atoms with Crippen molar-refractivity contribution in [3.8, 4) is 0 Å². The molecule has 0 aromatic carbocycles. The summed E-state index contributed by atoms with van der Waals surface area (Å²) >= 11 is 2.65. The van der Waals surface area contributed by atoms with Crippen molar-refractivity contribution in [3.63, 3.8) is 0 Å². The first-order chi connectivity index (χ1) is 11.1. The molecule has 24 heavy (non-hydrogen) atoms. The Kier molecular flexibility index (Phi) is 5.39. The van der Waals surface area contributed by atoms with Crippen LogP contribution in [0.2, 0.25) is 0 Å². The van der Waals surface area contributed by atoms with Crippen LogP contribution in [-0.2, 0) is 16.6 Å². The molecule has 130 valence electrons. The Morgan fingerprint density at radius 2 is 2.00 bits per heavy atom. The minimum Gasteiger partial charge on any atom is -0.477 e. The van der Waals surface area contributed by atoms with E-state index in [2.05, 4.69) is 36.1 Å². The molecule has 0 aliphatic carbocycles. The van der Waals surface area contributed by atoms with Gasteiger partial charge in [-0.25, -0.2) is 14.8 Å². The molecule has 0 aliphatic heterocycles. The zero-order valence-corrected chi connectivity index (χ0v) is 16.0. The first-order valence-electron chi connectivity index (χ1n) is 7.52. The lowest BCUT2D eigenvalue weighted by Gasteiger charge is -2.13. The zero-order chi connectivity index (χ0) is 18.1. The van der Waals surface area contributed by atoms with Crippen LogP contribution in [0.5, 0.6) is 0 Å². The SMILES string of the molecule is Cc1nc(C(C)NC(=O)Cc2csc(C(C)(C)C)n2)sc1C(=O)O. The summed E-state index contributed by atoms with van der Waals surface area (Å²) in [6.07, 6.45) is 0.201. The summed E-state index contributed by atoms with van der Waals surface area (Å²) in [6.45, 7) is 9.71. The summed E-state index contributed by atoms with van der Waals surface area (Å²) in [5.41, 5.74) is 1.19. The molecule has 0 radical (unpaired) electrons. The number of carbonyl (C=O) groups is 2. The lowest BCUT2D eigenvalue weighted by atomic mass is 9.98. The smallest absolute Gasteiger partial charge is 0.347 e. The van der Waals surface area contributed by atoms with E-state index in [1.807, 2.05) is 5.38 Å². The summed E-state index contributed by atoms with van der Waals surface area (Å²) in [6, 6.07) is -0.338. The van der Waals surface area contributed by atoms with E-state index in [4.69, 9.17) is 5.11 Å². The van der Waals surface area contributed by atoms with E-state index in [1.54, 1.807) is 25.2 Å². The first-order valence-corrected chi connectivity index (χ1v) is 9.22. The predicted molar refractivity (Wildman–Crippen MR) is 94.9 cm³/mol. The largest absolute Gasteiger partial charge is 0.477 e. The zero-order valence-electron chi connectivity index (χ0n) is 14.3. The second-order valence-electron chi connectivity index (χ2n) is 6.63. The van der Waals surface area contributed by atoms with E-state index in [0.29, 0.717) is 10.7 Å². The number of hydrogen-bond donors (Lipinski definition) is 2. The van der Waals surface area contributed by atoms with Crippen molar-refractivity contribution in [1.29, 1.82) is 0 Å². The van der Waals surface area contributed by atoms with Gasteiger partial charge in [-0.05, 0) is 13.8 Å². The highest BCUT2D eigenvalue weighted by Gasteiger charge is 2.21. The molecular weight excluding hydrogens is 346 g/mol. The molecule has 2 aromatic heterocycles. The molecule has 0 bridgehead atoms. The van der Waals surface area contributed by atoms with Gasteiger partial charge in [0.25, 0.3) is 0 Å². The highest BCUT2D eigenvalue weighted by molar-refractivity contribution is 7.13. The van der Waals surface area contributed by atoms with Gasteiger partial charge in [0.15, 0.2) is 0 Å². The first kappa shape index (κ1) is 18.5. The highest BCUT2D eigenvalue weighted by Crippen LogP contribution is 2.26. The van der Waals surface area contributed by atoms with Crippen molar-refractivity contribution in [2.24, 2.45) is 0 Å². The molecule has 2 rings (SSSR count). The number of thiazole rings is 2. The summed E-state index contributed by atoms with van der Waals surface area (Å²) in [5.74, 6) is -1.15. The summed E-state index contributed by atoms with van der Waals surface area (Å²) in [4.78, 5) is 32.2. The maximum absolute atomic E-state index is 12.2. The normalized spacial score (nSPS) is 12.9. The molecule has 0 saturated heterocycles. The van der Waals surface area contributed by atoms with Crippen LogP contribution in [-0.4, -0.2) is 27.0 Å². The minimum atomic E-state index is -0.994. The Balaban J connectivity index is 2.00. The molecule has 0 fully saturated rings. The fourth-order valence-electron chi connectivity index (χ4n) is 2.05. The number of amides is 1. The van der Waals surface area contributed by atoms with E-state index in [-0.39, 0.29) is 28.7 Å². The fourth-order valence-corrected chi connectivity index (χ4v) is 3.87. The number of aromatic carboxylic acids is 1. The molecule has 6 nitrogen and oxygen atoms in total. The monoisotopic (exact) mass is 367 g/mol. The van der Waals surface area contributed by atoms with Gasteiger partial charge in [0, 0.05) is 10.8 Å². The summed E-state index contributed by atoms with van der Waals surface area (Å²) < 4.78 is 0. The van der Waals surface area contributed by atoms with Gasteiger partial charge < -0.3 is 10.4 Å². The van der Waals surface area contributed by atoms with E-state index >= 15 is 0 Å². The van der Waals surface area contributed by atoms with Crippen LogP contribution >= 0.6 is 22.7 Å². The Labute approximate surface area is 149 Å². The number of aryl methyl sites for hydroxylation is 1. The summed E-state index contributed by atoms with van der Waals surface area (Å²) in [7, 11) is 0. The van der Waals surface area contributed by atoms with Crippen LogP contribution in [0.4, 0.5) is 0 Å².